The van der Waals surface area contributed by atoms with E-state index in [2.05, 4.69) is 16.1 Å². The van der Waals surface area contributed by atoms with Crippen LogP contribution >= 0.6 is 23.2 Å². The van der Waals surface area contributed by atoms with Gasteiger partial charge in [0.1, 0.15) is 0 Å². The standard InChI is InChI=1S/C13H9Cl2N3O2/c1-3-4-20-13(19)12-8(2)16-18(17-12)11-6-9(14)5-10(15)7-11/h1,5-7H,4H2,2H3. The van der Waals surface area contributed by atoms with Crippen LogP contribution in [0, 0.1) is 19.3 Å². The van der Waals surface area contributed by atoms with Crippen molar-refractivity contribution in [3.63, 3.8) is 0 Å². The van der Waals surface area contributed by atoms with Crippen molar-refractivity contribution in [1.29, 1.82) is 0 Å². The Morgan fingerprint density at radius 2 is 2.00 bits per heavy atom. The van der Waals surface area contributed by atoms with Crippen molar-refractivity contribution < 1.29 is 9.53 Å². The van der Waals surface area contributed by atoms with Crippen molar-refractivity contribution in [2.24, 2.45) is 0 Å². The van der Waals surface area contributed by atoms with Gasteiger partial charge in [-0.2, -0.15) is 9.90 Å². The summed E-state index contributed by atoms with van der Waals surface area (Å²) in [6, 6.07) is 4.85. The average Bonchev–Trinajstić information content (AvgIpc) is 2.77. The minimum absolute atomic E-state index is 0.0938. The monoisotopic (exact) mass is 309 g/mol. The SMILES string of the molecule is C#CCOC(=O)c1nn(-c2cc(Cl)cc(Cl)c2)nc1C. The molecule has 0 N–H and O–H groups in total. The fourth-order valence-corrected chi connectivity index (χ4v) is 2.03. The van der Waals surface area contributed by atoms with Crippen LogP contribution in [-0.2, 0) is 4.74 Å². The quantitative estimate of drug-likeness (QED) is 0.646. The lowest BCUT2D eigenvalue weighted by Gasteiger charge is -2.01. The zero-order valence-corrected chi connectivity index (χ0v) is 11.9. The zero-order valence-electron chi connectivity index (χ0n) is 10.4. The normalized spacial score (nSPS) is 10.1. The van der Waals surface area contributed by atoms with E-state index in [1.165, 1.54) is 4.80 Å². The van der Waals surface area contributed by atoms with E-state index in [0.29, 0.717) is 21.4 Å². The Balaban J connectivity index is 2.36. The Kier molecular flexibility index (Phi) is 4.28. The van der Waals surface area contributed by atoms with Crippen LogP contribution in [0.5, 0.6) is 0 Å². The number of esters is 1. The predicted molar refractivity (Wildman–Crippen MR) is 75.2 cm³/mol. The van der Waals surface area contributed by atoms with Crippen molar-refractivity contribution in [2.75, 3.05) is 6.61 Å². The highest BCUT2D eigenvalue weighted by molar-refractivity contribution is 6.34. The lowest BCUT2D eigenvalue weighted by Crippen LogP contribution is -2.08. The molecule has 5 nitrogen and oxygen atoms in total. The summed E-state index contributed by atoms with van der Waals surface area (Å²) in [5, 5.41) is 9.08. The fourth-order valence-electron chi connectivity index (χ4n) is 1.51. The number of carbonyl (C=O) groups excluding carboxylic acids is 1. The van der Waals surface area contributed by atoms with Gasteiger partial charge >= 0.3 is 5.97 Å². The van der Waals surface area contributed by atoms with E-state index in [-0.39, 0.29) is 12.3 Å². The Hall–Kier alpha value is -2.03. The molecule has 0 spiro atoms. The Morgan fingerprint density at radius 3 is 2.60 bits per heavy atom. The molecule has 1 aromatic carbocycles. The van der Waals surface area contributed by atoms with Crippen LogP contribution in [0.25, 0.3) is 5.69 Å². The first kappa shape index (κ1) is 14.4. The highest BCUT2D eigenvalue weighted by atomic mass is 35.5. The molecule has 0 saturated heterocycles. The van der Waals surface area contributed by atoms with Gasteiger partial charge in [-0.05, 0) is 25.1 Å². The molecule has 2 rings (SSSR count). The van der Waals surface area contributed by atoms with E-state index in [0.717, 1.165) is 0 Å². The first-order valence-electron chi connectivity index (χ1n) is 5.52. The number of hydrogen-bond donors (Lipinski definition) is 0. The maximum absolute atomic E-state index is 11.7. The molecular formula is C13H9Cl2N3O2. The maximum Gasteiger partial charge on any atom is 0.361 e. The number of carbonyl (C=O) groups is 1. The number of rotatable bonds is 3. The van der Waals surface area contributed by atoms with Crippen LogP contribution in [0.2, 0.25) is 10.0 Å². The van der Waals surface area contributed by atoms with Gasteiger partial charge in [0.05, 0.1) is 11.4 Å². The molecule has 0 aliphatic carbocycles. The molecule has 0 amide bonds. The zero-order chi connectivity index (χ0) is 14.7. The maximum atomic E-state index is 11.7. The molecule has 20 heavy (non-hydrogen) atoms. The first-order valence-corrected chi connectivity index (χ1v) is 6.28. The lowest BCUT2D eigenvalue weighted by molar-refractivity contribution is 0.0548. The van der Waals surface area contributed by atoms with Crippen LogP contribution in [0.15, 0.2) is 18.2 Å². The molecule has 0 fully saturated rings. The van der Waals surface area contributed by atoms with Crippen LogP contribution in [0.4, 0.5) is 0 Å². The van der Waals surface area contributed by atoms with E-state index in [9.17, 15) is 4.79 Å². The molecule has 1 aromatic heterocycles. The summed E-state index contributed by atoms with van der Waals surface area (Å²) < 4.78 is 4.81. The van der Waals surface area contributed by atoms with E-state index in [1.54, 1.807) is 25.1 Å². The molecular weight excluding hydrogens is 301 g/mol. The van der Waals surface area contributed by atoms with E-state index < -0.39 is 5.97 Å². The van der Waals surface area contributed by atoms with Gasteiger partial charge in [0.2, 0.25) is 0 Å². The van der Waals surface area contributed by atoms with Crippen molar-refractivity contribution in [3.8, 4) is 18.0 Å². The average molecular weight is 310 g/mol. The number of benzene rings is 1. The number of aryl methyl sites for hydroxylation is 1. The predicted octanol–water partition coefficient (Wildman–Crippen LogP) is 2.67. The van der Waals surface area contributed by atoms with Gasteiger partial charge in [-0.25, -0.2) is 4.79 Å². The van der Waals surface area contributed by atoms with E-state index in [1.807, 2.05) is 0 Å². The fraction of sp³-hybridized carbons (Fsp3) is 0.154. The third-order valence-electron chi connectivity index (χ3n) is 2.34. The minimum Gasteiger partial charge on any atom is -0.448 e. The number of hydrogen-bond acceptors (Lipinski definition) is 4. The summed E-state index contributed by atoms with van der Waals surface area (Å²) in [5.41, 5.74) is 1.06. The molecule has 1 heterocycles. The molecule has 0 saturated carbocycles. The van der Waals surface area contributed by atoms with Crippen molar-refractivity contribution in [3.05, 3.63) is 39.6 Å². The first-order chi connectivity index (χ1) is 9.51. The number of ether oxygens (including phenoxy) is 1. The van der Waals surface area contributed by atoms with Gasteiger partial charge in [-0.3, -0.25) is 0 Å². The molecule has 0 aliphatic rings. The minimum atomic E-state index is -0.625. The van der Waals surface area contributed by atoms with Gasteiger partial charge in [0, 0.05) is 10.0 Å². The van der Waals surface area contributed by atoms with Gasteiger partial charge in [0.25, 0.3) is 0 Å². The summed E-state index contributed by atoms with van der Waals surface area (Å²) >= 11 is 11.8. The van der Waals surface area contributed by atoms with Crippen molar-refractivity contribution in [2.45, 2.75) is 6.92 Å². The number of nitrogens with zero attached hydrogens (tertiary/aromatic N) is 3. The summed E-state index contributed by atoms with van der Waals surface area (Å²) in [5.74, 6) is 1.58. The summed E-state index contributed by atoms with van der Waals surface area (Å²) in [6.45, 7) is 1.52. The van der Waals surface area contributed by atoms with Crippen LogP contribution in [0.3, 0.4) is 0 Å². The molecule has 7 heteroatoms. The number of terminal acetylenes is 1. The molecule has 0 aliphatic heterocycles. The lowest BCUT2D eigenvalue weighted by atomic mass is 10.3. The highest BCUT2D eigenvalue weighted by Crippen LogP contribution is 2.21. The Morgan fingerprint density at radius 1 is 1.35 bits per heavy atom. The molecule has 2 aromatic rings. The second-order valence-electron chi connectivity index (χ2n) is 3.83. The number of aromatic nitrogens is 3. The van der Waals surface area contributed by atoms with Gasteiger partial charge in [0.15, 0.2) is 12.3 Å². The number of halogens is 2. The van der Waals surface area contributed by atoms with Crippen LogP contribution in [-0.4, -0.2) is 27.6 Å². The van der Waals surface area contributed by atoms with E-state index in [4.69, 9.17) is 34.4 Å². The second kappa shape index (κ2) is 5.95. The van der Waals surface area contributed by atoms with Crippen molar-refractivity contribution >= 4 is 29.2 Å². The van der Waals surface area contributed by atoms with Crippen LogP contribution < -0.4 is 0 Å². The summed E-state index contributed by atoms with van der Waals surface area (Å²) in [6.07, 6.45) is 5.02. The topological polar surface area (TPSA) is 57.0 Å². The van der Waals surface area contributed by atoms with Gasteiger partial charge < -0.3 is 4.74 Å². The second-order valence-corrected chi connectivity index (χ2v) is 4.70. The van der Waals surface area contributed by atoms with Crippen molar-refractivity contribution in [1.82, 2.24) is 15.0 Å². The van der Waals surface area contributed by atoms with E-state index >= 15 is 0 Å². The molecule has 0 radical (unpaired) electrons. The third-order valence-corrected chi connectivity index (χ3v) is 2.78. The summed E-state index contributed by atoms with van der Waals surface area (Å²) in [4.78, 5) is 13.0. The molecule has 0 bridgehead atoms. The molecule has 0 atom stereocenters. The third kappa shape index (κ3) is 3.10. The summed E-state index contributed by atoms with van der Waals surface area (Å²) in [7, 11) is 0. The largest absolute Gasteiger partial charge is 0.448 e. The molecule has 0 unspecified atom stereocenters. The van der Waals surface area contributed by atoms with Gasteiger partial charge in [-0.1, -0.05) is 29.1 Å². The smallest absolute Gasteiger partial charge is 0.361 e. The van der Waals surface area contributed by atoms with Crippen LogP contribution in [0.1, 0.15) is 16.2 Å². The Bertz CT molecular complexity index is 684. The molecule has 102 valence electrons. The Labute approximate surface area is 125 Å². The highest BCUT2D eigenvalue weighted by Gasteiger charge is 2.17. The van der Waals surface area contributed by atoms with Gasteiger partial charge in [-0.15, -0.1) is 11.5 Å².